The van der Waals surface area contributed by atoms with Crippen molar-refractivity contribution in [2.24, 2.45) is 0 Å². The minimum absolute atomic E-state index is 0.114. The molecule has 5 N–H and O–H groups in total. The molecule has 170 valence electrons. The number of ketones is 1. The molecule has 2 aromatic heterocycles. The van der Waals surface area contributed by atoms with Gasteiger partial charge in [0, 0.05) is 0 Å². The summed E-state index contributed by atoms with van der Waals surface area (Å²) in [5, 5.41) is 30.4. The van der Waals surface area contributed by atoms with E-state index in [0.717, 1.165) is 0 Å². The number of aliphatic hydroxyl groups is 2. The highest BCUT2D eigenvalue weighted by molar-refractivity contribution is 7.52. The number of Topliss-reactive ketones (excluding diaryl/α,β-unsaturated/α-hetero) is 1. The van der Waals surface area contributed by atoms with Gasteiger partial charge in [0.15, 0.2) is 23.5 Å². The zero-order valence-electron chi connectivity index (χ0n) is 16.4. The van der Waals surface area contributed by atoms with E-state index in [4.69, 9.17) is 15.0 Å². The van der Waals surface area contributed by atoms with E-state index in [1.807, 2.05) is 0 Å². The van der Waals surface area contributed by atoms with Crippen LogP contribution in [0.4, 0.5) is 5.82 Å². The minimum atomic E-state index is -4.70. The number of para-hydroxylation sites is 1. The molecule has 14 heteroatoms. The van der Waals surface area contributed by atoms with Crippen LogP contribution in [-0.4, -0.2) is 71.7 Å². The number of carbonyl (C=O) groups is 1. The highest BCUT2D eigenvalue weighted by atomic mass is 31.2. The molecule has 4 rings (SSSR count). The van der Waals surface area contributed by atoms with Crippen LogP contribution >= 0.6 is 7.60 Å². The van der Waals surface area contributed by atoms with Gasteiger partial charge in [-0.05, 0) is 12.1 Å². The van der Waals surface area contributed by atoms with Crippen molar-refractivity contribution in [2.75, 3.05) is 18.5 Å². The van der Waals surface area contributed by atoms with Crippen LogP contribution in [0.3, 0.4) is 0 Å². The Morgan fingerprint density at radius 3 is 2.75 bits per heavy atom. The van der Waals surface area contributed by atoms with Gasteiger partial charge in [0.05, 0.1) is 24.7 Å². The van der Waals surface area contributed by atoms with E-state index in [1.54, 1.807) is 0 Å². The van der Waals surface area contributed by atoms with E-state index in [-0.39, 0.29) is 28.3 Å². The van der Waals surface area contributed by atoms with Crippen molar-refractivity contribution in [3.8, 4) is 5.75 Å². The summed E-state index contributed by atoms with van der Waals surface area (Å²) in [6, 6.07) is 5.51. The molecular formula is C18H19N5O8P-. The number of phenols is 1. The van der Waals surface area contributed by atoms with Crippen molar-refractivity contribution in [1.29, 1.82) is 0 Å². The quantitative estimate of drug-likeness (QED) is 0.250. The second-order valence-corrected chi connectivity index (χ2v) is 8.93. The molecule has 1 fully saturated rings. The largest absolute Gasteiger partial charge is 0.778 e. The number of nitrogen functional groups attached to an aromatic ring is 1. The second-order valence-electron chi connectivity index (χ2n) is 7.13. The summed E-state index contributed by atoms with van der Waals surface area (Å²) in [5.41, 5.74) is 6.09. The first kappa shape index (κ1) is 22.3. The zero-order chi connectivity index (χ0) is 23.0. The van der Waals surface area contributed by atoms with Crippen LogP contribution in [0.5, 0.6) is 5.75 Å². The van der Waals surface area contributed by atoms with E-state index < -0.39 is 50.7 Å². The average Bonchev–Trinajstić information content (AvgIpc) is 3.29. The van der Waals surface area contributed by atoms with Gasteiger partial charge in [0.25, 0.3) is 0 Å². The molecule has 3 heterocycles. The van der Waals surface area contributed by atoms with Crippen molar-refractivity contribution in [3.05, 3.63) is 42.5 Å². The van der Waals surface area contributed by atoms with Crippen LogP contribution in [0.1, 0.15) is 16.6 Å². The van der Waals surface area contributed by atoms with E-state index >= 15 is 0 Å². The minimum Gasteiger partial charge on any atom is -0.778 e. The van der Waals surface area contributed by atoms with Gasteiger partial charge in [-0.1, -0.05) is 12.1 Å². The number of fused-ring (bicyclic) bond motifs is 1. The van der Waals surface area contributed by atoms with Crippen LogP contribution in [0.15, 0.2) is 36.9 Å². The van der Waals surface area contributed by atoms with E-state index in [2.05, 4.69) is 15.0 Å². The lowest BCUT2D eigenvalue weighted by Crippen LogP contribution is -2.34. The molecule has 0 spiro atoms. The topological polar surface area (TPSA) is 206 Å². The van der Waals surface area contributed by atoms with Crippen molar-refractivity contribution >= 4 is 30.4 Å². The van der Waals surface area contributed by atoms with Gasteiger partial charge in [-0.2, -0.15) is 0 Å². The SMILES string of the molecule is Nc1ncnc2c1ncn2[C@@H]1O[C@H](COP(=O)([O-])CC(=O)c2ccccc2O)[C@@H](O)[C@H]1O. The predicted molar refractivity (Wildman–Crippen MR) is 107 cm³/mol. The number of ether oxygens (including phenoxy) is 1. The fourth-order valence-electron chi connectivity index (χ4n) is 3.36. The summed E-state index contributed by atoms with van der Waals surface area (Å²) >= 11 is 0. The Kier molecular flexibility index (Phi) is 5.95. The molecule has 0 bridgehead atoms. The lowest BCUT2D eigenvalue weighted by atomic mass is 10.1. The number of aromatic nitrogens is 4. The maximum atomic E-state index is 12.3. The Morgan fingerprint density at radius 1 is 1.25 bits per heavy atom. The van der Waals surface area contributed by atoms with Crippen LogP contribution in [-0.2, 0) is 13.8 Å². The summed E-state index contributed by atoms with van der Waals surface area (Å²) in [6.45, 7) is -0.646. The van der Waals surface area contributed by atoms with E-state index in [9.17, 15) is 29.6 Å². The molecule has 0 amide bonds. The third kappa shape index (κ3) is 4.21. The van der Waals surface area contributed by atoms with Gasteiger partial charge in [0.2, 0.25) is 0 Å². The van der Waals surface area contributed by atoms with Gasteiger partial charge in [0.1, 0.15) is 43.5 Å². The maximum absolute atomic E-state index is 12.3. The smallest absolute Gasteiger partial charge is 0.174 e. The highest BCUT2D eigenvalue weighted by Crippen LogP contribution is 2.40. The Balaban J connectivity index is 1.43. The van der Waals surface area contributed by atoms with Gasteiger partial charge in [-0.25, -0.2) is 15.0 Å². The molecule has 0 aliphatic carbocycles. The molecule has 1 aliphatic rings. The summed E-state index contributed by atoms with van der Waals surface area (Å²) in [5.74, 6) is -1.09. The summed E-state index contributed by atoms with van der Waals surface area (Å²) in [4.78, 5) is 36.3. The Morgan fingerprint density at radius 2 is 2.00 bits per heavy atom. The Bertz CT molecular complexity index is 1200. The molecule has 32 heavy (non-hydrogen) atoms. The normalized spacial score (nSPS) is 25.1. The van der Waals surface area contributed by atoms with Crippen molar-refractivity contribution in [3.63, 3.8) is 0 Å². The van der Waals surface area contributed by atoms with Crippen LogP contribution in [0.2, 0.25) is 0 Å². The average molecular weight is 464 g/mol. The third-order valence-corrected chi connectivity index (χ3v) is 6.19. The molecule has 13 nitrogen and oxygen atoms in total. The summed E-state index contributed by atoms with van der Waals surface area (Å²) in [7, 11) is -4.70. The molecule has 1 saturated heterocycles. The van der Waals surface area contributed by atoms with Crippen molar-refractivity contribution < 1.29 is 38.8 Å². The lowest BCUT2D eigenvalue weighted by molar-refractivity contribution is -0.200. The standard InChI is InChI=1S/C18H20N5O8P/c19-16-13-17(21-7-20-16)23(8-22-13)18-15(27)14(26)12(31-18)5-30-32(28,29)6-11(25)9-3-1-2-4-10(9)24/h1-4,7-8,12,14-15,18,24,26-27H,5-6H2,(H,28,29)(H2,19,20,21)/p-1/t12-,14-,15-,18-/m1/s1. The summed E-state index contributed by atoms with van der Waals surface area (Å²) in [6.07, 6.45) is -3.83. The summed E-state index contributed by atoms with van der Waals surface area (Å²) < 4.78 is 24.0. The number of nitrogens with zero attached hydrogens (tertiary/aromatic N) is 4. The van der Waals surface area contributed by atoms with E-state index in [1.165, 1.54) is 41.5 Å². The number of hydrogen-bond donors (Lipinski definition) is 4. The number of phenolic OH excluding ortho intramolecular Hbond substituents is 1. The lowest BCUT2D eigenvalue weighted by Gasteiger charge is -2.25. The molecular weight excluding hydrogens is 445 g/mol. The highest BCUT2D eigenvalue weighted by Gasteiger charge is 2.44. The van der Waals surface area contributed by atoms with Crippen molar-refractivity contribution in [2.45, 2.75) is 24.5 Å². The molecule has 5 atom stereocenters. The zero-order valence-corrected chi connectivity index (χ0v) is 17.3. The van der Waals surface area contributed by atoms with E-state index in [0.29, 0.717) is 0 Å². The maximum Gasteiger partial charge on any atom is 0.174 e. The van der Waals surface area contributed by atoms with Crippen molar-refractivity contribution in [1.82, 2.24) is 19.5 Å². The van der Waals surface area contributed by atoms with Crippen LogP contribution in [0, 0.1) is 0 Å². The number of rotatable bonds is 7. The first-order valence-corrected chi connectivity index (χ1v) is 11.1. The second kappa shape index (κ2) is 8.54. The molecule has 0 saturated carbocycles. The fraction of sp³-hybridized carbons (Fsp3) is 0.333. The number of imidazole rings is 1. The first-order valence-electron chi connectivity index (χ1n) is 9.38. The Labute approximate surface area is 180 Å². The number of nitrogens with two attached hydrogens (primary N) is 1. The fourth-order valence-corrected chi connectivity index (χ4v) is 4.34. The Hall–Kier alpha value is -2.93. The molecule has 1 unspecified atom stereocenters. The van der Waals surface area contributed by atoms with Gasteiger partial charge in [-0.3, -0.25) is 9.36 Å². The van der Waals surface area contributed by atoms with Gasteiger partial charge >= 0.3 is 0 Å². The number of aliphatic hydroxyl groups excluding tert-OH is 2. The number of carbonyl (C=O) groups excluding carboxylic acids is 1. The van der Waals surface area contributed by atoms with Gasteiger partial charge in [-0.15, -0.1) is 0 Å². The van der Waals surface area contributed by atoms with Crippen LogP contribution < -0.4 is 10.6 Å². The molecule has 3 aromatic rings. The molecule has 0 radical (unpaired) electrons. The number of hydrogen-bond acceptors (Lipinski definition) is 12. The predicted octanol–water partition coefficient (Wildman–Crippen LogP) is -0.814. The molecule has 1 aromatic carbocycles. The third-order valence-electron chi connectivity index (χ3n) is 4.98. The number of aromatic hydroxyl groups is 1. The first-order chi connectivity index (χ1) is 15.2. The van der Waals surface area contributed by atoms with Gasteiger partial charge < -0.3 is 39.8 Å². The van der Waals surface area contributed by atoms with Crippen LogP contribution in [0.25, 0.3) is 11.2 Å². The number of anilines is 1. The number of benzene rings is 1. The molecule has 1 aliphatic heterocycles. The monoisotopic (exact) mass is 464 g/mol.